The van der Waals surface area contributed by atoms with Crippen LogP contribution < -0.4 is 5.32 Å². The van der Waals surface area contributed by atoms with Gasteiger partial charge in [0.15, 0.2) is 0 Å². The Hall–Kier alpha value is -1.21. The number of fused-ring (bicyclic) bond motifs is 1. The number of nitrogens with one attached hydrogen (secondary N) is 1. The van der Waals surface area contributed by atoms with Crippen LogP contribution >= 0.6 is 23.4 Å². The van der Waals surface area contributed by atoms with Crippen LogP contribution in [-0.4, -0.2) is 23.0 Å². The molecule has 0 unspecified atom stereocenters. The molecule has 2 nitrogen and oxygen atoms in total. The third kappa shape index (κ3) is 3.87. The Balaban J connectivity index is 1.98. The average molecular weight is 291 g/mol. The van der Waals surface area contributed by atoms with Crippen LogP contribution in [0, 0.1) is 12.3 Å². The Bertz CT molecular complexity index is 592. The molecule has 0 spiro atoms. The maximum atomic E-state index is 6.17. The largest absolute Gasteiger partial charge is 0.312 e. The number of hydrogen-bond donors (Lipinski definition) is 1. The van der Waals surface area contributed by atoms with E-state index in [0.717, 1.165) is 40.5 Å². The number of pyridine rings is 1. The van der Waals surface area contributed by atoms with Gasteiger partial charge in [0.05, 0.1) is 11.3 Å². The Morgan fingerprint density at radius 3 is 3.11 bits per heavy atom. The molecule has 0 saturated heterocycles. The highest BCUT2D eigenvalue weighted by Gasteiger charge is 2.04. The Kier molecular flexibility index (Phi) is 5.53. The molecule has 98 valence electrons. The van der Waals surface area contributed by atoms with E-state index in [9.17, 15) is 0 Å². The fraction of sp³-hybridized carbons (Fsp3) is 0.267. The summed E-state index contributed by atoms with van der Waals surface area (Å²) >= 11 is 7.92. The summed E-state index contributed by atoms with van der Waals surface area (Å²) in [6.45, 7) is 1.73. The van der Waals surface area contributed by atoms with Crippen molar-refractivity contribution in [2.45, 2.75) is 6.54 Å². The maximum Gasteiger partial charge on any atom is 0.0761 e. The summed E-state index contributed by atoms with van der Waals surface area (Å²) in [5.41, 5.74) is 2.14. The molecule has 1 aromatic carbocycles. The number of terminal acetylenes is 1. The average Bonchev–Trinajstić information content (AvgIpc) is 2.45. The van der Waals surface area contributed by atoms with Crippen molar-refractivity contribution in [3.8, 4) is 12.3 Å². The summed E-state index contributed by atoms with van der Waals surface area (Å²) < 4.78 is 0. The summed E-state index contributed by atoms with van der Waals surface area (Å²) in [6.07, 6.45) is 7.00. The predicted octanol–water partition coefficient (Wildman–Crippen LogP) is 3.34. The number of hydrogen-bond acceptors (Lipinski definition) is 3. The zero-order valence-corrected chi connectivity index (χ0v) is 12.1. The molecule has 0 atom stereocenters. The van der Waals surface area contributed by atoms with Crippen LogP contribution in [0.2, 0.25) is 5.02 Å². The van der Waals surface area contributed by atoms with Crippen LogP contribution in [0.1, 0.15) is 5.56 Å². The second kappa shape index (κ2) is 7.40. The smallest absolute Gasteiger partial charge is 0.0761 e. The highest BCUT2D eigenvalue weighted by molar-refractivity contribution is 7.99. The van der Waals surface area contributed by atoms with Crippen molar-refractivity contribution in [2.24, 2.45) is 0 Å². The van der Waals surface area contributed by atoms with E-state index >= 15 is 0 Å². The standard InChI is InChI=1S/C15H15ClN2S/c1-2-9-19-10-8-17-11-12-5-6-14(16)13-4-3-7-18-15(12)13/h1,3-7,17H,8-11H2. The quantitative estimate of drug-likeness (QED) is 0.652. The summed E-state index contributed by atoms with van der Waals surface area (Å²) in [6, 6.07) is 7.85. The zero-order chi connectivity index (χ0) is 13.5. The first-order valence-corrected chi connectivity index (χ1v) is 7.60. The molecular weight excluding hydrogens is 276 g/mol. The number of benzene rings is 1. The van der Waals surface area contributed by atoms with Crippen LogP contribution in [0.25, 0.3) is 10.9 Å². The van der Waals surface area contributed by atoms with Crippen LogP contribution in [0.3, 0.4) is 0 Å². The van der Waals surface area contributed by atoms with E-state index in [-0.39, 0.29) is 0 Å². The second-order valence-corrected chi connectivity index (χ2v) is 5.55. The number of rotatable bonds is 6. The summed E-state index contributed by atoms with van der Waals surface area (Å²) in [5, 5.41) is 5.15. The molecule has 0 bridgehead atoms. The van der Waals surface area contributed by atoms with Crippen LogP contribution in [0.4, 0.5) is 0 Å². The SMILES string of the molecule is C#CCSCCNCc1ccc(Cl)c2cccnc12. The summed E-state index contributed by atoms with van der Waals surface area (Å²) in [4.78, 5) is 4.41. The lowest BCUT2D eigenvalue weighted by atomic mass is 10.1. The molecule has 19 heavy (non-hydrogen) atoms. The molecule has 2 rings (SSSR count). The van der Waals surface area contributed by atoms with E-state index in [2.05, 4.69) is 16.2 Å². The number of aromatic nitrogens is 1. The molecule has 1 aromatic heterocycles. The molecule has 0 aliphatic heterocycles. The molecule has 1 heterocycles. The Labute approximate surface area is 122 Å². The summed E-state index contributed by atoms with van der Waals surface area (Å²) in [5.74, 6) is 4.41. The van der Waals surface area contributed by atoms with Gasteiger partial charge >= 0.3 is 0 Å². The first-order chi connectivity index (χ1) is 9.33. The van der Waals surface area contributed by atoms with Crippen molar-refractivity contribution in [3.63, 3.8) is 0 Å². The van der Waals surface area contributed by atoms with Gasteiger partial charge in [0, 0.05) is 35.4 Å². The Morgan fingerprint density at radius 2 is 2.26 bits per heavy atom. The molecule has 0 aliphatic carbocycles. The van der Waals surface area contributed by atoms with Gasteiger partial charge in [-0.2, -0.15) is 0 Å². The summed E-state index contributed by atoms with van der Waals surface area (Å²) in [7, 11) is 0. The Morgan fingerprint density at radius 1 is 1.37 bits per heavy atom. The minimum atomic E-state index is 0.747. The molecule has 0 radical (unpaired) electrons. The van der Waals surface area contributed by atoms with Gasteiger partial charge in [0.1, 0.15) is 0 Å². The maximum absolute atomic E-state index is 6.17. The fourth-order valence-corrected chi connectivity index (χ4v) is 2.60. The third-order valence-corrected chi connectivity index (χ3v) is 3.92. The number of thioether (sulfide) groups is 1. The van der Waals surface area contributed by atoms with E-state index in [1.54, 1.807) is 18.0 Å². The van der Waals surface area contributed by atoms with Gasteiger partial charge in [-0.3, -0.25) is 4.98 Å². The third-order valence-electron chi connectivity index (χ3n) is 2.72. The van der Waals surface area contributed by atoms with E-state index in [4.69, 9.17) is 18.0 Å². The molecule has 2 aromatic rings. The van der Waals surface area contributed by atoms with Gasteiger partial charge in [-0.15, -0.1) is 18.2 Å². The van der Waals surface area contributed by atoms with Gasteiger partial charge in [-0.05, 0) is 23.8 Å². The van der Waals surface area contributed by atoms with Gasteiger partial charge in [0.25, 0.3) is 0 Å². The zero-order valence-electron chi connectivity index (χ0n) is 10.5. The number of nitrogens with zero attached hydrogens (tertiary/aromatic N) is 1. The molecular formula is C15H15ClN2S. The lowest BCUT2D eigenvalue weighted by molar-refractivity contribution is 0.735. The predicted molar refractivity (Wildman–Crippen MR) is 84.6 cm³/mol. The van der Waals surface area contributed by atoms with Gasteiger partial charge in [-0.25, -0.2) is 0 Å². The molecule has 4 heteroatoms. The van der Waals surface area contributed by atoms with Crippen LogP contribution in [-0.2, 0) is 6.54 Å². The molecule has 1 N–H and O–H groups in total. The lowest BCUT2D eigenvalue weighted by Gasteiger charge is -2.08. The normalized spacial score (nSPS) is 10.5. The van der Waals surface area contributed by atoms with Crippen molar-refractivity contribution >= 4 is 34.3 Å². The minimum absolute atomic E-state index is 0.747. The topological polar surface area (TPSA) is 24.9 Å². The monoisotopic (exact) mass is 290 g/mol. The van der Waals surface area contributed by atoms with Gasteiger partial charge in [0.2, 0.25) is 0 Å². The molecule has 0 amide bonds. The highest BCUT2D eigenvalue weighted by Crippen LogP contribution is 2.24. The fourth-order valence-electron chi connectivity index (χ4n) is 1.84. The second-order valence-electron chi connectivity index (χ2n) is 4.04. The first-order valence-electron chi connectivity index (χ1n) is 6.07. The lowest BCUT2D eigenvalue weighted by Crippen LogP contribution is -2.17. The molecule has 0 fully saturated rings. The van der Waals surface area contributed by atoms with Gasteiger partial charge < -0.3 is 5.32 Å². The van der Waals surface area contributed by atoms with E-state index in [0.29, 0.717) is 0 Å². The minimum Gasteiger partial charge on any atom is -0.312 e. The first kappa shape index (κ1) is 14.2. The van der Waals surface area contributed by atoms with Crippen molar-refractivity contribution in [2.75, 3.05) is 18.1 Å². The van der Waals surface area contributed by atoms with Crippen molar-refractivity contribution in [1.82, 2.24) is 10.3 Å². The van der Waals surface area contributed by atoms with Crippen molar-refractivity contribution < 1.29 is 0 Å². The van der Waals surface area contributed by atoms with E-state index in [1.165, 1.54) is 5.56 Å². The van der Waals surface area contributed by atoms with Gasteiger partial charge in [-0.1, -0.05) is 23.6 Å². The van der Waals surface area contributed by atoms with Crippen LogP contribution in [0.15, 0.2) is 30.5 Å². The number of halogens is 1. The van der Waals surface area contributed by atoms with Crippen LogP contribution in [0.5, 0.6) is 0 Å². The molecule has 0 aliphatic rings. The molecule has 0 saturated carbocycles. The van der Waals surface area contributed by atoms with Crippen molar-refractivity contribution in [3.05, 3.63) is 41.0 Å². The highest BCUT2D eigenvalue weighted by atomic mass is 35.5. The van der Waals surface area contributed by atoms with E-state index < -0.39 is 0 Å². The van der Waals surface area contributed by atoms with E-state index in [1.807, 2.05) is 24.3 Å². The van der Waals surface area contributed by atoms with Crippen molar-refractivity contribution in [1.29, 1.82) is 0 Å².